The quantitative estimate of drug-likeness (QED) is 0.743. The Hall–Kier alpha value is -2.69. The molecule has 1 aromatic carbocycles. The van der Waals surface area contributed by atoms with Gasteiger partial charge in [-0.05, 0) is 12.1 Å². The van der Waals surface area contributed by atoms with Crippen LogP contribution in [0.1, 0.15) is 0 Å². The first kappa shape index (κ1) is 10.5. The fraction of sp³-hybridized carbons (Fsp3) is 0. The molecule has 1 N–H and O–H groups in total. The third-order valence-corrected chi connectivity index (χ3v) is 2.45. The van der Waals surface area contributed by atoms with Gasteiger partial charge in [0.25, 0.3) is 5.89 Å². The second-order valence-electron chi connectivity index (χ2n) is 3.66. The van der Waals surface area contributed by atoms with Crippen LogP contribution in [0.2, 0.25) is 0 Å². The molecule has 0 fully saturated rings. The molecule has 0 aliphatic carbocycles. The summed E-state index contributed by atoms with van der Waals surface area (Å²) in [7, 11) is 0. The van der Waals surface area contributed by atoms with Gasteiger partial charge in [-0.2, -0.15) is 4.98 Å². The Labute approximate surface area is 103 Å². The summed E-state index contributed by atoms with van der Waals surface area (Å²) in [5, 5.41) is 13.5. The van der Waals surface area contributed by atoms with Gasteiger partial charge in [0.2, 0.25) is 5.82 Å². The van der Waals surface area contributed by atoms with E-state index < -0.39 is 0 Å². The fourth-order valence-corrected chi connectivity index (χ4v) is 1.59. The zero-order valence-electron chi connectivity index (χ0n) is 9.32. The molecule has 0 saturated heterocycles. The molecule has 0 radical (unpaired) electrons. The van der Waals surface area contributed by atoms with Gasteiger partial charge in [0, 0.05) is 11.8 Å². The summed E-state index contributed by atoms with van der Waals surface area (Å²) in [5.41, 5.74) is 1.13. The average molecular weight is 239 g/mol. The van der Waals surface area contributed by atoms with Gasteiger partial charge in [-0.15, -0.1) is 0 Å². The first-order valence-corrected chi connectivity index (χ1v) is 5.38. The number of benzene rings is 1. The van der Waals surface area contributed by atoms with Crippen LogP contribution in [-0.2, 0) is 0 Å². The van der Waals surface area contributed by atoms with E-state index in [9.17, 15) is 5.11 Å². The molecule has 3 rings (SSSR count). The van der Waals surface area contributed by atoms with Crippen molar-refractivity contribution in [3.8, 4) is 28.7 Å². The van der Waals surface area contributed by atoms with Crippen LogP contribution in [-0.4, -0.2) is 20.2 Å². The summed E-state index contributed by atoms with van der Waals surface area (Å²) < 4.78 is 5.10. The van der Waals surface area contributed by atoms with Gasteiger partial charge in [0.15, 0.2) is 5.69 Å². The maximum atomic E-state index is 9.65. The van der Waals surface area contributed by atoms with Crippen LogP contribution in [0.3, 0.4) is 0 Å². The largest absolute Gasteiger partial charge is 0.505 e. The van der Waals surface area contributed by atoms with E-state index in [2.05, 4.69) is 15.1 Å². The van der Waals surface area contributed by atoms with E-state index in [1.807, 2.05) is 30.3 Å². The Morgan fingerprint density at radius 3 is 2.61 bits per heavy atom. The van der Waals surface area contributed by atoms with E-state index in [0.717, 1.165) is 5.56 Å². The predicted molar refractivity (Wildman–Crippen MR) is 64.6 cm³/mol. The van der Waals surface area contributed by atoms with E-state index in [-0.39, 0.29) is 17.3 Å². The minimum atomic E-state index is 0.0146. The lowest BCUT2D eigenvalue weighted by Gasteiger charge is -1.95. The van der Waals surface area contributed by atoms with Gasteiger partial charge in [0.05, 0.1) is 0 Å². The first-order chi connectivity index (χ1) is 8.84. The SMILES string of the molecule is Oc1cccnc1-c1nc(-c2ccccc2)no1. The van der Waals surface area contributed by atoms with E-state index in [0.29, 0.717) is 5.82 Å². The maximum Gasteiger partial charge on any atom is 0.280 e. The third kappa shape index (κ3) is 1.82. The predicted octanol–water partition coefficient (Wildman–Crippen LogP) is 2.50. The zero-order valence-corrected chi connectivity index (χ0v) is 9.32. The number of aromatic hydroxyl groups is 1. The minimum absolute atomic E-state index is 0.0146. The molecule has 2 heterocycles. The fourth-order valence-electron chi connectivity index (χ4n) is 1.59. The average Bonchev–Trinajstić information content (AvgIpc) is 2.90. The van der Waals surface area contributed by atoms with Crippen LogP contribution in [0.4, 0.5) is 0 Å². The third-order valence-electron chi connectivity index (χ3n) is 2.45. The highest BCUT2D eigenvalue weighted by Crippen LogP contribution is 2.26. The number of hydrogen-bond acceptors (Lipinski definition) is 5. The highest BCUT2D eigenvalue weighted by molar-refractivity contribution is 5.60. The van der Waals surface area contributed by atoms with Gasteiger partial charge in [-0.25, -0.2) is 4.98 Å². The molecular weight excluding hydrogens is 230 g/mol. The van der Waals surface area contributed by atoms with Crippen LogP contribution in [0, 0.1) is 0 Å². The van der Waals surface area contributed by atoms with E-state index in [4.69, 9.17) is 4.52 Å². The molecular formula is C13H9N3O2. The normalized spacial score (nSPS) is 10.4. The second kappa shape index (κ2) is 4.29. The summed E-state index contributed by atoms with van der Waals surface area (Å²) in [4.78, 5) is 8.22. The molecule has 5 heteroatoms. The summed E-state index contributed by atoms with van der Waals surface area (Å²) >= 11 is 0. The Kier molecular flexibility index (Phi) is 2.49. The summed E-state index contributed by atoms with van der Waals surface area (Å²) in [6, 6.07) is 12.6. The van der Waals surface area contributed by atoms with Crippen molar-refractivity contribution in [1.29, 1.82) is 0 Å². The van der Waals surface area contributed by atoms with Crippen LogP contribution in [0.15, 0.2) is 53.2 Å². The molecule has 0 bridgehead atoms. The Bertz CT molecular complexity index is 665. The van der Waals surface area contributed by atoms with Crippen molar-refractivity contribution in [3.63, 3.8) is 0 Å². The van der Waals surface area contributed by atoms with E-state index in [1.54, 1.807) is 12.3 Å². The highest BCUT2D eigenvalue weighted by atomic mass is 16.5. The number of nitrogens with zero attached hydrogens (tertiary/aromatic N) is 3. The lowest BCUT2D eigenvalue weighted by atomic mass is 10.2. The number of rotatable bonds is 2. The highest BCUT2D eigenvalue weighted by Gasteiger charge is 2.14. The Balaban J connectivity index is 2.03. The van der Waals surface area contributed by atoms with Gasteiger partial charge in [-0.3, -0.25) is 0 Å². The van der Waals surface area contributed by atoms with Crippen LogP contribution in [0.25, 0.3) is 23.0 Å². The lowest BCUT2D eigenvalue weighted by Crippen LogP contribution is -1.84. The number of pyridine rings is 1. The van der Waals surface area contributed by atoms with Crippen LogP contribution < -0.4 is 0 Å². The Morgan fingerprint density at radius 2 is 1.83 bits per heavy atom. The molecule has 0 aliphatic rings. The molecule has 18 heavy (non-hydrogen) atoms. The first-order valence-electron chi connectivity index (χ1n) is 5.38. The molecule has 3 aromatic rings. The van der Waals surface area contributed by atoms with Gasteiger partial charge < -0.3 is 9.63 Å². The molecule has 0 unspecified atom stereocenters. The van der Waals surface area contributed by atoms with Crippen molar-refractivity contribution in [1.82, 2.24) is 15.1 Å². The number of aromatic nitrogens is 3. The summed E-state index contributed by atoms with van der Waals surface area (Å²) in [6.07, 6.45) is 1.56. The molecule has 88 valence electrons. The minimum Gasteiger partial charge on any atom is -0.505 e. The van der Waals surface area contributed by atoms with Crippen molar-refractivity contribution < 1.29 is 9.63 Å². The smallest absolute Gasteiger partial charge is 0.280 e. The van der Waals surface area contributed by atoms with Crippen molar-refractivity contribution in [2.24, 2.45) is 0 Å². The van der Waals surface area contributed by atoms with Gasteiger partial charge in [-0.1, -0.05) is 35.5 Å². The molecule has 0 spiro atoms. The van der Waals surface area contributed by atoms with Gasteiger partial charge >= 0.3 is 0 Å². The standard InChI is InChI=1S/C13H9N3O2/c17-10-7-4-8-14-11(10)13-15-12(16-18-13)9-5-2-1-3-6-9/h1-8,17H. The second-order valence-corrected chi connectivity index (χ2v) is 3.66. The van der Waals surface area contributed by atoms with E-state index >= 15 is 0 Å². The molecule has 0 aliphatic heterocycles. The molecule has 2 aromatic heterocycles. The van der Waals surface area contributed by atoms with Crippen molar-refractivity contribution in [2.45, 2.75) is 0 Å². The molecule has 0 amide bonds. The summed E-state index contributed by atoms with van der Waals surface area (Å²) in [5.74, 6) is 0.684. The monoisotopic (exact) mass is 239 g/mol. The molecule has 0 atom stereocenters. The zero-order chi connectivity index (χ0) is 12.4. The van der Waals surface area contributed by atoms with Gasteiger partial charge in [0.1, 0.15) is 5.75 Å². The maximum absolute atomic E-state index is 9.65. The Morgan fingerprint density at radius 1 is 1.00 bits per heavy atom. The molecule has 5 nitrogen and oxygen atoms in total. The van der Waals surface area contributed by atoms with Crippen molar-refractivity contribution in [3.05, 3.63) is 48.7 Å². The lowest BCUT2D eigenvalue weighted by molar-refractivity contribution is 0.423. The van der Waals surface area contributed by atoms with E-state index in [1.165, 1.54) is 6.07 Å². The number of hydrogen-bond donors (Lipinski definition) is 1. The molecule has 0 saturated carbocycles. The summed E-state index contributed by atoms with van der Waals surface area (Å²) in [6.45, 7) is 0. The van der Waals surface area contributed by atoms with Crippen LogP contribution >= 0.6 is 0 Å². The van der Waals surface area contributed by atoms with Crippen LogP contribution in [0.5, 0.6) is 5.75 Å². The topological polar surface area (TPSA) is 72.0 Å². The van der Waals surface area contributed by atoms with Crippen molar-refractivity contribution >= 4 is 0 Å². The van der Waals surface area contributed by atoms with Crippen molar-refractivity contribution in [2.75, 3.05) is 0 Å².